The van der Waals surface area contributed by atoms with Gasteiger partial charge in [0.2, 0.25) is 11.6 Å². The van der Waals surface area contributed by atoms with Crippen molar-refractivity contribution >= 4 is 74.1 Å². The van der Waals surface area contributed by atoms with Crippen molar-refractivity contribution in [1.82, 2.24) is 15.1 Å². The Labute approximate surface area is 828 Å². The zero-order valence-electron chi connectivity index (χ0n) is 87.0. The number of rotatable bonds is 16. The zero-order chi connectivity index (χ0) is 104. The van der Waals surface area contributed by atoms with Crippen LogP contribution in [0.2, 0.25) is 0 Å². The van der Waals surface area contributed by atoms with Gasteiger partial charge in [-0.15, -0.1) is 0 Å². The Balaban J connectivity index is 0.000000407. The molecular weight excluding hydrogens is 1820 g/mol. The Morgan fingerprint density at radius 1 is 0.475 bits per heavy atom. The standard InChI is InChI=1S/C53H84N2O13P.C51H79NO13.C2H7NOP/c1-32-17-13-12-14-18-33(2)44(64-8)29-40-22-20-38(7)53(62,68-40)50(59)51(60)55-24-16-15-19-42(55)52(61)67-45(35(4)27-39-21-23-41(46(28-39)65-9)54-31-69(11)63)30-43(56)34(3)26-37(6)48(58)49(66-10)47(57)36(5)25-32;1-30-16-12-11-13-17-31(2)42(61-8)28-38-21-19-36(7)51(60,65-38)48(57)49(58)52-23-15-14-18-39(52)50(59)64-43(33(4)26-37-20-22-40(53)44(27-37)62-9)29-41(54)32(3)25-35(6)46(56)47(63-10)45(55)34(5)24-30;1-5(4)2-3/h12-14,17-18,26,32,34-36,38-42,44-46,48-49,54,58,62H,15-16,19-25,27-31H2,1-11H3;11-13,16-17,25,30,32-34,36-40,42-44,46-47,53,56,60H,14-15,18-24,26-29H2,1-10H3;2-3H2,1H3/q+1;;+1/b14-12?,17-13+,33-18?,37-26+;13-11?,16-12+,31-17?,35-25+;/t32-,34-,35-,36-,38-,39+,40+,41?,42?,44+,45+,46-,48-,49+,53-;30-,32-,33-,34-,36-,37+,38+,39?,40?,42+,43+,44-,46-,47+,51-;/m11./s1. The van der Waals surface area contributed by atoms with Gasteiger partial charge in [-0.2, -0.15) is 0 Å². The van der Waals surface area contributed by atoms with Gasteiger partial charge in [0.05, 0.1) is 42.7 Å². The number of fused-ring (bicyclic) bond motifs is 6. The van der Waals surface area contributed by atoms with Gasteiger partial charge in [0.1, 0.15) is 73.6 Å². The van der Waals surface area contributed by atoms with Crippen molar-refractivity contribution in [3.63, 3.8) is 0 Å². The number of hydrogen-bond acceptors (Lipinski definition) is 29. The van der Waals surface area contributed by atoms with Crippen molar-refractivity contribution < 1.29 is 130 Å². The van der Waals surface area contributed by atoms with Crippen LogP contribution in [0, 0.1) is 71.0 Å². The van der Waals surface area contributed by atoms with Crippen molar-refractivity contribution in [3.05, 3.63) is 95.2 Å². The number of ether oxygens (including phenoxy) is 10. The van der Waals surface area contributed by atoms with E-state index in [1.807, 2.05) is 116 Å². The zero-order valence-corrected chi connectivity index (χ0v) is 88.8. The molecule has 2 aliphatic carbocycles. The van der Waals surface area contributed by atoms with Crippen LogP contribution in [0.3, 0.4) is 0 Å². The Morgan fingerprint density at radius 3 is 1.23 bits per heavy atom. The molecule has 6 unspecified atom stereocenters. The summed E-state index contributed by atoms with van der Waals surface area (Å²) in [5.74, 6) is -15.9. The normalized spacial score (nSPS) is 37.4. The highest BCUT2D eigenvalue weighted by atomic mass is 31.1. The van der Waals surface area contributed by atoms with E-state index < -0.39 is 177 Å². The molecule has 8 N–H and O–H groups in total. The van der Waals surface area contributed by atoms with Crippen molar-refractivity contribution in [1.29, 1.82) is 0 Å². The summed E-state index contributed by atoms with van der Waals surface area (Å²) in [7, 11) is 6.70. The largest absolute Gasteiger partial charge is 0.460 e. The highest BCUT2D eigenvalue weighted by Crippen LogP contribution is 2.42. The Hall–Kier alpha value is -6.58. The fourth-order valence-electron chi connectivity index (χ4n) is 20.7. The Kier molecular flexibility index (Phi) is 51.5. The number of hydrogen-bond donors (Lipinski definition) is 7. The second-order valence-electron chi connectivity index (χ2n) is 41.0. The number of amides is 2. The van der Waals surface area contributed by atoms with Gasteiger partial charge in [0.15, 0.2) is 24.1 Å². The lowest BCUT2D eigenvalue weighted by Gasteiger charge is -2.42. The summed E-state index contributed by atoms with van der Waals surface area (Å²) in [6.07, 6.45) is 24.4. The van der Waals surface area contributed by atoms with E-state index in [9.17, 15) is 82.6 Å². The monoisotopic (exact) mass is 1990 g/mol. The van der Waals surface area contributed by atoms with Crippen molar-refractivity contribution in [2.24, 2.45) is 76.7 Å². The lowest BCUT2D eigenvalue weighted by atomic mass is 9.77. The van der Waals surface area contributed by atoms with Crippen LogP contribution in [0.5, 0.6) is 0 Å². The number of piperidine rings is 2. The van der Waals surface area contributed by atoms with E-state index in [0.717, 1.165) is 30.4 Å². The van der Waals surface area contributed by atoms with Crippen LogP contribution in [0.1, 0.15) is 251 Å². The van der Waals surface area contributed by atoms with Crippen LogP contribution >= 0.6 is 15.6 Å². The summed E-state index contributed by atoms with van der Waals surface area (Å²) in [6, 6.07) is -2.25. The van der Waals surface area contributed by atoms with Gasteiger partial charge < -0.3 is 82.7 Å². The molecule has 0 aromatic rings. The first-order chi connectivity index (χ1) is 65.7. The number of nitrogens with two attached hydrogens (primary N) is 1. The van der Waals surface area contributed by atoms with E-state index in [2.05, 4.69) is 5.32 Å². The number of nitrogens with zero attached hydrogens (tertiary/aromatic N) is 2. The predicted molar refractivity (Wildman–Crippen MR) is 532 cm³/mol. The molecule has 4 bridgehead atoms. The van der Waals surface area contributed by atoms with E-state index in [4.69, 9.17) is 53.1 Å². The molecule has 31 nitrogen and oxygen atoms in total. The van der Waals surface area contributed by atoms with Crippen LogP contribution in [0.4, 0.5) is 0 Å². The quantitative estimate of drug-likeness (QED) is 0.0326. The molecule has 784 valence electrons. The number of allylic oxidation sites excluding steroid dienone is 12. The highest BCUT2D eigenvalue weighted by molar-refractivity contribution is 7.43. The number of ketones is 6. The van der Waals surface area contributed by atoms with Crippen LogP contribution in [-0.4, -0.2) is 284 Å². The molecule has 2 amide bonds. The van der Waals surface area contributed by atoms with Gasteiger partial charge in [-0.3, -0.25) is 49.4 Å². The first-order valence-corrected chi connectivity index (χ1v) is 54.3. The van der Waals surface area contributed by atoms with Crippen LogP contribution < -0.4 is 11.1 Å². The molecule has 139 heavy (non-hydrogen) atoms. The SMILES string of the molecule is CO[C@H]1C[C@@H]2CC[C@@H](C)[C@@](O)(O2)C(=O)C(=O)N2CCCCC2C(=O)O[C@H]([C@H](C)C[C@@H]2CCC(NC[P+](C)=O)[C@H](OC)C2)CC(=O)[C@H](C)/C=C(\C)[C@@H](O)[C@@H](OC)C(=O)[C@H](C)C[C@H](C)/C=C/C=CC=C1C.CO[C@H]1C[C@@H]2CC[C@@H](C)[C@@](O)(O2)C(=O)C(=O)N2CCCCC2C(=O)O[C@H]([C@H](C)C[C@@H]2CCC(O)[C@H](OC)C2)CC(=O)[C@H](C)/C=C(\C)[C@@H](O)[C@@H](OC)C(=O)[C@H](C)C[C@H](C)/C=C/C=CC=C1C.C[P+](=O)CN. The first-order valence-electron chi connectivity index (χ1n) is 50.5. The van der Waals surface area contributed by atoms with Gasteiger partial charge in [0, 0.05) is 123 Å². The van der Waals surface area contributed by atoms with E-state index in [0.29, 0.717) is 133 Å². The second kappa shape index (κ2) is 59.1. The van der Waals surface area contributed by atoms with Crippen molar-refractivity contribution in [2.45, 2.75) is 360 Å². The number of carbonyl (C=O) groups excluding carboxylic acids is 10. The van der Waals surface area contributed by atoms with Gasteiger partial charge in [-0.05, 0) is 214 Å². The summed E-state index contributed by atoms with van der Waals surface area (Å²) in [6.45, 7) is 28.8. The summed E-state index contributed by atoms with van der Waals surface area (Å²) < 4.78 is 80.9. The minimum absolute atomic E-state index is 0.0161. The number of methoxy groups -OCH3 is 6. The minimum atomic E-state index is -2.43. The third kappa shape index (κ3) is 35.7. The second-order valence-corrected chi connectivity index (χ2v) is 44.2. The molecule has 0 aromatic carbocycles. The van der Waals surface area contributed by atoms with Gasteiger partial charge in [-0.1, -0.05) is 151 Å². The summed E-state index contributed by atoms with van der Waals surface area (Å²) >= 11 is 0. The molecular formula is C106H170N4O27P2+2. The van der Waals surface area contributed by atoms with Crippen LogP contribution in [-0.2, 0) is 104 Å². The minimum Gasteiger partial charge on any atom is -0.460 e. The fourth-order valence-corrected chi connectivity index (χ4v) is 21.2. The lowest BCUT2D eigenvalue weighted by Crippen LogP contribution is -2.61. The molecule has 33 heteroatoms. The van der Waals surface area contributed by atoms with Crippen LogP contribution in [0.15, 0.2) is 95.2 Å². The number of aliphatic hydroxyl groups is 5. The summed E-state index contributed by atoms with van der Waals surface area (Å²) in [4.78, 5) is 144. The maximum atomic E-state index is 14.5. The molecule has 2 saturated carbocycles. The molecule has 8 rings (SSSR count). The fraction of sp³-hybridized carbons (Fsp3) is 0.755. The number of nitrogens with one attached hydrogen (secondary N) is 1. The average Bonchev–Trinajstić information content (AvgIpc) is 0.774. The molecule has 4 saturated heterocycles. The number of aliphatic hydroxyl groups excluding tert-OH is 3. The summed E-state index contributed by atoms with van der Waals surface area (Å²) in [5, 5.41) is 60.7. The van der Waals surface area contributed by atoms with Crippen LogP contribution in [0.25, 0.3) is 0 Å². The molecule has 0 radical (unpaired) electrons. The number of esters is 2. The summed E-state index contributed by atoms with van der Waals surface area (Å²) in [5.41, 5.74) is 7.42. The highest BCUT2D eigenvalue weighted by Gasteiger charge is 2.56. The van der Waals surface area contributed by atoms with Gasteiger partial charge >= 0.3 is 27.5 Å². The third-order valence-electron chi connectivity index (χ3n) is 29.8. The first kappa shape index (κ1) is 121. The molecule has 32 atom stereocenters. The average molecular weight is 1990 g/mol. The maximum Gasteiger partial charge on any atom is 0.350 e. The van der Waals surface area contributed by atoms with E-state index in [-0.39, 0.29) is 116 Å². The van der Waals surface area contributed by atoms with E-state index in [1.54, 1.807) is 95.5 Å². The molecule has 0 spiro atoms. The maximum absolute atomic E-state index is 14.5. The smallest absolute Gasteiger partial charge is 0.350 e. The molecule has 0 aromatic heterocycles. The van der Waals surface area contributed by atoms with E-state index >= 15 is 0 Å². The number of Topliss-reactive ketones (excluding diaryl/α,β-unsaturated/α-hetero) is 6. The van der Waals surface area contributed by atoms with Crippen molar-refractivity contribution in [2.75, 3.05) is 81.6 Å². The number of carbonyl (C=O) groups is 10. The van der Waals surface area contributed by atoms with Gasteiger partial charge in [0.25, 0.3) is 23.4 Å². The molecule has 6 heterocycles. The topological polar surface area (TPSA) is 443 Å². The Bertz CT molecular complexity index is 4320. The Morgan fingerprint density at radius 2 is 0.863 bits per heavy atom. The van der Waals surface area contributed by atoms with Crippen molar-refractivity contribution in [3.8, 4) is 0 Å². The van der Waals surface area contributed by atoms with Gasteiger partial charge in [-0.25, -0.2) is 9.59 Å². The lowest BCUT2D eigenvalue weighted by molar-refractivity contribution is -0.265. The van der Waals surface area contributed by atoms with E-state index in [1.165, 1.54) is 24.0 Å². The molecule has 8 aliphatic rings. The molecule has 6 aliphatic heterocycles. The third-order valence-corrected chi connectivity index (χ3v) is 31.0. The predicted octanol–water partition coefficient (Wildman–Crippen LogP) is 13.7. The molecule has 6 fully saturated rings. The number of cyclic esters (lactones) is 2.